The van der Waals surface area contributed by atoms with Gasteiger partial charge in [-0.25, -0.2) is 4.79 Å². The largest absolute Gasteiger partial charge is 0.497 e. The molecule has 0 N–H and O–H groups in total. The van der Waals surface area contributed by atoms with E-state index in [0.717, 1.165) is 54.6 Å². The Morgan fingerprint density at radius 3 is 2.58 bits per heavy atom. The summed E-state index contributed by atoms with van der Waals surface area (Å²) in [4.78, 5) is 15.2. The molecule has 132 valence electrons. The number of hydrogen-bond donors (Lipinski definition) is 0. The van der Waals surface area contributed by atoms with Gasteiger partial charge < -0.3 is 14.1 Å². The van der Waals surface area contributed by atoms with E-state index in [-0.39, 0.29) is 5.63 Å². The van der Waals surface area contributed by atoms with Gasteiger partial charge in [0.2, 0.25) is 0 Å². The maximum Gasteiger partial charge on any atom is 0.344 e. The Hall–Kier alpha value is -2.75. The summed E-state index contributed by atoms with van der Waals surface area (Å²) < 4.78 is 11.1. The van der Waals surface area contributed by atoms with E-state index in [1.165, 1.54) is 23.2 Å². The van der Waals surface area contributed by atoms with Crippen molar-refractivity contribution < 1.29 is 9.15 Å². The first-order valence-electron chi connectivity index (χ1n) is 9.26. The molecule has 5 rings (SSSR count). The van der Waals surface area contributed by atoms with E-state index >= 15 is 0 Å². The summed E-state index contributed by atoms with van der Waals surface area (Å²) in [6.45, 7) is 2.22. The molecule has 2 aromatic carbocycles. The van der Waals surface area contributed by atoms with E-state index in [1.807, 2.05) is 30.3 Å². The molecule has 2 aliphatic heterocycles. The van der Waals surface area contributed by atoms with Crippen molar-refractivity contribution >= 4 is 16.7 Å². The molecule has 0 radical (unpaired) electrons. The highest BCUT2D eigenvalue weighted by molar-refractivity contribution is 5.90. The van der Waals surface area contributed by atoms with Crippen LogP contribution in [0, 0.1) is 0 Å². The van der Waals surface area contributed by atoms with E-state index in [4.69, 9.17) is 9.15 Å². The van der Waals surface area contributed by atoms with Gasteiger partial charge in [0.1, 0.15) is 11.3 Å². The van der Waals surface area contributed by atoms with Gasteiger partial charge in [-0.15, -0.1) is 0 Å². The average molecular weight is 347 g/mol. The minimum absolute atomic E-state index is 0.271. The zero-order chi connectivity index (χ0) is 17.7. The predicted octanol–water partition coefficient (Wildman–Crippen LogP) is 4.17. The van der Waals surface area contributed by atoms with E-state index < -0.39 is 0 Å². The molecule has 4 nitrogen and oxygen atoms in total. The first-order chi connectivity index (χ1) is 12.7. The van der Waals surface area contributed by atoms with Crippen LogP contribution in [-0.2, 0) is 12.8 Å². The van der Waals surface area contributed by atoms with E-state index in [0.29, 0.717) is 5.56 Å². The Morgan fingerprint density at radius 2 is 1.81 bits per heavy atom. The standard InChI is InChI=1S/C22H21NO3/c1-25-17-8-6-14(7-9-17)19-13-16-12-15-4-2-10-23-11-3-5-18(20(15)23)21(16)26-22(19)24/h6-9,12-13H,2-5,10-11H2,1H3. The normalized spacial score (nSPS) is 15.8. The van der Waals surface area contributed by atoms with Crippen molar-refractivity contribution in [3.8, 4) is 16.9 Å². The SMILES string of the molecule is COc1ccc(-c2cc3cc4c5c(c3oc2=O)CCCN5CCC4)cc1. The third-order valence-corrected chi connectivity index (χ3v) is 5.62. The van der Waals surface area contributed by atoms with Crippen LogP contribution < -0.4 is 15.3 Å². The van der Waals surface area contributed by atoms with E-state index in [9.17, 15) is 4.79 Å². The number of aryl methyl sites for hydroxylation is 2. The molecule has 0 amide bonds. The fourth-order valence-corrected chi connectivity index (χ4v) is 4.42. The summed E-state index contributed by atoms with van der Waals surface area (Å²) in [5, 5.41) is 1.04. The Bertz CT molecular complexity index is 1050. The number of rotatable bonds is 2. The van der Waals surface area contributed by atoms with Crippen molar-refractivity contribution in [2.75, 3.05) is 25.1 Å². The van der Waals surface area contributed by atoms with Crippen molar-refractivity contribution in [2.24, 2.45) is 0 Å². The summed E-state index contributed by atoms with van der Waals surface area (Å²) >= 11 is 0. The Kier molecular flexibility index (Phi) is 3.52. The number of fused-ring (bicyclic) bond motifs is 2. The second-order valence-electron chi connectivity index (χ2n) is 7.15. The van der Waals surface area contributed by atoms with E-state index in [1.54, 1.807) is 7.11 Å². The first kappa shape index (κ1) is 15.5. The monoisotopic (exact) mass is 347 g/mol. The minimum Gasteiger partial charge on any atom is -0.497 e. The second-order valence-corrected chi connectivity index (χ2v) is 7.15. The van der Waals surface area contributed by atoms with Crippen LogP contribution in [-0.4, -0.2) is 20.2 Å². The van der Waals surface area contributed by atoms with Gasteiger partial charge in [0.05, 0.1) is 12.7 Å². The molecule has 1 aromatic heterocycles. The second kappa shape index (κ2) is 5.90. The van der Waals surface area contributed by atoms with Crippen LogP contribution in [0.1, 0.15) is 24.0 Å². The molecular weight excluding hydrogens is 326 g/mol. The summed E-state index contributed by atoms with van der Waals surface area (Å²) in [6.07, 6.45) is 4.41. The van der Waals surface area contributed by atoms with Gasteiger partial charge in [-0.05, 0) is 61.1 Å². The molecule has 0 atom stereocenters. The molecule has 0 saturated carbocycles. The number of anilines is 1. The van der Waals surface area contributed by atoms with Crippen LogP contribution in [0.5, 0.6) is 5.75 Å². The van der Waals surface area contributed by atoms with Gasteiger partial charge in [0.15, 0.2) is 0 Å². The quantitative estimate of drug-likeness (QED) is 0.653. The van der Waals surface area contributed by atoms with Crippen LogP contribution in [0.15, 0.2) is 45.6 Å². The Balaban J connectivity index is 1.72. The minimum atomic E-state index is -0.271. The number of hydrogen-bond acceptors (Lipinski definition) is 4. The smallest absolute Gasteiger partial charge is 0.344 e. The molecule has 26 heavy (non-hydrogen) atoms. The lowest BCUT2D eigenvalue weighted by Gasteiger charge is -2.37. The summed E-state index contributed by atoms with van der Waals surface area (Å²) in [7, 11) is 1.64. The topological polar surface area (TPSA) is 42.7 Å². The van der Waals surface area contributed by atoms with Crippen molar-refractivity contribution in [3.05, 3.63) is 57.9 Å². The van der Waals surface area contributed by atoms with Gasteiger partial charge in [0, 0.05) is 29.7 Å². The third-order valence-electron chi connectivity index (χ3n) is 5.62. The predicted molar refractivity (Wildman–Crippen MR) is 103 cm³/mol. The van der Waals surface area contributed by atoms with Crippen molar-refractivity contribution in [2.45, 2.75) is 25.7 Å². The highest BCUT2D eigenvalue weighted by atomic mass is 16.5. The molecule has 0 spiro atoms. The molecule has 4 heteroatoms. The lowest BCUT2D eigenvalue weighted by molar-refractivity contribution is 0.415. The molecule has 0 unspecified atom stereocenters. The van der Waals surface area contributed by atoms with Crippen LogP contribution in [0.2, 0.25) is 0 Å². The average Bonchev–Trinajstić information content (AvgIpc) is 2.69. The van der Waals surface area contributed by atoms with Crippen molar-refractivity contribution in [1.82, 2.24) is 0 Å². The molecular formula is C22H21NO3. The lowest BCUT2D eigenvalue weighted by Crippen LogP contribution is -2.34. The fourth-order valence-electron chi connectivity index (χ4n) is 4.42. The maximum absolute atomic E-state index is 12.7. The number of benzene rings is 2. The molecule has 0 aliphatic carbocycles. The maximum atomic E-state index is 12.7. The summed E-state index contributed by atoms with van der Waals surface area (Å²) in [5.74, 6) is 0.775. The lowest BCUT2D eigenvalue weighted by atomic mass is 9.89. The zero-order valence-electron chi connectivity index (χ0n) is 14.9. The molecule has 2 aliphatic rings. The zero-order valence-corrected chi connectivity index (χ0v) is 14.9. The van der Waals surface area contributed by atoms with Gasteiger partial charge in [-0.2, -0.15) is 0 Å². The van der Waals surface area contributed by atoms with Crippen LogP contribution >= 0.6 is 0 Å². The molecule has 0 fully saturated rings. The van der Waals surface area contributed by atoms with Gasteiger partial charge in [0.25, 0.3) is 0 Å². The van der Waals surface area contributed by atoms with E-state index in [2.05, 4.69) is 11.0 Å². The Labute approximate surface area is 152 Å². The van der Waals surface area contributed by atoms with Crippen molar-refractivity contribution in [3.63, 3.8) is 0 Å². The molecule has 3 heterocycles. The number of ether oxygens (including phenoxy) is 1. The highest BCUT2D eigenvalue weighted by Gasteiger charge is 2.27. The van der Waals surface area contributed by atoms with Crippen LogP contribution in [0.4, 0.5) is 5.69 Å². The summed E-state index contributed by atoms with van der Waals surface area (Å²) in [6, 6.07) is 11.8. The van der Waals surface area contributed by atoms with Crippen LogP contribution in [0.25, 0.3) is 22.1 Å². The number of nitrogens with zero attached hydrogens (tertiary/aromatic N) is 1. The number of methoxy groups -OCH3 is 1. The third kappa shape index (κ3) is 2.32. The highest BCUT2D eigenvalue weighted by Crippen LogP contribution is 2.40. The van der Waals surface area contributed by atoms with Gasteiger partial charge in [-0.3, -0.25) is 0 Å². The molecule has 0 saturated heterocycles. The molecule has 3 aromatic rings. The van der Waals surface area contributed by atoms with Crippen molar-refractivity contribution in [1.29, 1.82) is 0 Å². The fraction of sp³-hybridized carbons (Fsp3) is 0.318. The first-order valence-corrected chi connectivity index (χ1v) is 9.26. The summed E-state index contributed by atoms with van der Waals surface area (Å²) in [5.41, 5.74) is 5.92. The van der Waals surface area contributed by atoms with Gasteiger partial charge >= 0.3 is 5.63 Å². The van der Waals surface area contributed by atoms with Crippen LogP contribution in [0.3, 0.4) is 0 Å². The van der Waals surface area contributed by atoms with Gasteiger partial charge in [-0.1, -0.05) is 12.1 Å². The Morgan fingerprint density at radius 1 is 1.04 bits per heavy atom. The molecule has 0 bridgehead atoms.